The zero-order valence-electron chi connectivity index (χ0n) is 8.06. The molecule has 0 heterocycles. The minimum Gasteiger partial charge on any atom is -0.321 e. The average molecular weight is 197 g/mol. The fourth-order valence-corrected chi connectivity index (χ4v) is 1.41. The lowest BCUT2D eigenvalue weighted by Gasteiger charge is -2.13. The van der Waals surface area contributed by atoms with Crippen molar-refractivity contribution >= 4 is 0 Å². The van der Waals surface area contributed by atoms with Gasteiger partial charge in [-0.2, -0.15) is 0 Å². The van der Waals surface area contributed by atoms with Crippen LogP contribution in [0.2, 0.25) is 0 Å². The van der Waals surface area contributed by atoms with Gasteiger partial charge in [0, 0.05) is 6.04 Å². The molecule has 2 N–H and O–H groups in total. The Labute approximate surface area is 82.2 Å². The van der Waals surface area contributed by atoms with Crippen LogP contribution in [-0.2, 0) is 6.42 Å². The summed E-state index contributed by atoms with van der Waals surface area (Å²) in [6.07, 6.45) is 1.92. The van der Waals surface area contributed by atoms with E-state index in [0.29, 0.717) is 17.5 Å². The van der Waals surface area contributed by atoms with Gasteiger partial charge in [-0.05, 0) is 23.6 Å². The van der Waals surface area contributed by atoms with Crippen LogP contribution in [0.15, 0.2) is 24.8 Å². The highest BCUT2D eigenvalue weighted by molar-refractivity contribution is 5.33. The van der Waals surface area contributed by atoms with E-state index in [0.717, 1.165) is 6.07 Å². The van der Waals surface area contributed by atoms with Crippen LogP contribution in [-0.4, -0.2) is 0 Å². The maximum atomic E-state index is 13.3. The lowest BCUT2D eigenvalue weighted by atomic mass is 9.98. The Morgan fingerprint density at radius 3 is 2.64 bits per heavy atom. The highest BCUT2D eigenvalue weighted by Crippen LogP contribution is 2.22. The number of rotatable bonds is 3. The number of benzene rings is 1. The van der Waals surface area contributed by atoms with Crippen molar-refractivity contribution in [2.24, 2.45) is 5.73 Å². The highest BCUT2D eigenvalue weighted by Gasteiger charge is 2.14. The zero-order chi connectivity index (χ0) is 10.7. The summed E-state index contributed by atoms with van der Waals surface area (Å²) >= 11 is 0. The number of nitrogens with two attached hydrogens (primary N) is 1. The minimum atomic E-state index is -0.832. The summed E-state index contributed by atoms with van der Waals surface area (Å²) in [5.41, 5.74) is 6.61. The van der Waals surface area contributed by atoms with Crippen LogP contribution in [0, 0.1) is 11.6 Å². The van der Waals surface area contributed by atoms with E-state index in [9.17, 15) is 8.78 Å². The van der Waals surface area contributed by atoms with Gasteiger partial charge in [0.2, 0.25) is 0 Å². The van der Waals surface area contributed by atoms with Crippen molar-refractivity contribution < 1.29 is 8.78 Å². The number of halogens is 2. The Bertz CT molecular complexity index is 347. The first-order chi connectivity index (χ1) is 6.61. The molecule has 0 radical (unpaired) electrons. The first kappa shape index (κ1) is 10.9. The third-order valence-corrected chi connectivity index (χ3v) is 2.20. The Morgan fingerprint density at radius 2 is 2.14 bits per heavy atom. The van der Waals surface area contributed by atoms with Crippen molar-refractivity contribution in [3.63, 3.8) is 0 Å². The van der Waals surface area contributed by atoms with E-state index in [2.05, 4.69) is 6.58 Å². The van der Waals surface area contributed by atoms with Crippen LogP contribution in [0.5, 0.6) is 0 Å². The molecule has 1 rings (SSSR count). The fraction of sp³-hybridized carbons (Fsp3) is 0.273. The molecule has 0 saturated heterocycles. The maximum Gasteiger partial charge on any atom is 0.162 e. The normalized spacial score (nSPS) is 12.6. The van der Waals surface area contributed by atoms with E-state index in [1.165, 1.54) is 12.1 Å². The van der Waals surface area contributed by atoms with Gasteiger partial charge in [0.1, 0.15) is 0 Å². The topological polar surface area (TPSA) is 26.0 Å². The van der Waals surface area contributed by atoms with Crippen molar-refractivity contribution in [1.29, 1.82) is 0 Å². The minimum absolute atomic E-state index is 0.331. The second kappa shape index (κ2) is 4.33. The average Bonchev–Trinajstić information content (AvgIpc) is 2.20. The molecule has 0 aromatic heterocycles. The molecule has 0 aliphatic rings. The predicted octanol–water partition coefficient (Wildman–Crippen LogP) is 2.71. The molecule has 1 nitrogen and oxygen atoms in total. The van der Waals surface area contributed by atoms with Crippen molar-refractivity contribution in [2.75, 3.05) is 0 Å². The molecule has 14 heavy (non-hydrogen) atoms. The third kappa shape index (κ3) is 1.82. The van der Waals surface area contributed by atoms with Crippen molar-refractivity contribution in [3.05, 3.63) is 47.5 Å². The summed E-state index contributed by atoms with van der Waals surface area (Å²) in [6.45, 7) is 5.28. The fourth-order valence-electron chi connectivity index (χ4n) is 1.41. The van der Waals surface area contributed by atoms with Crippen LogP contribution < -0.4 is 5.73 Å². The molecular formula is C11H13F2N. The third-order valence-electron chi connectivity index (χ3n) is 2.20. The van der Waals surface area contributed by atoms with Gasteiger partial charge in [-0.25, -0.2) is 8.78 Å². The second-order valence-electron chi connectivity index (χ2n) is 3.04. The van der Waals surface area contributed by atoms with Gasteiger partial charge in [0.25, 0.3) is 0 Å². The Kier molecular flexibility index (Phi) is 3.36. The molecule has 0 fully saturated rings. The van der Waals surface area contributed by atoms with Crippen LogP contribution in [0.1, 0.15) is 24.1 Å². The molecule has 1 aromatic carbocycles. The van der Waals surface area contributed by atoms with Crippen LogP contribution in [0.4, 0.5) is 8.78 Å². The summed E-state index contributed by atoms with van der Waals surface area (Å²) in [5, 5.41) is 0. The molecule has 0 aliphatic heterocycles. The molecule has 0 bridgehead atoms. The van der Waals surface area contributed by atoms with Gasteiger partial charge < -0.3 is 5.73 Å². The smallest absolute Gasteiger partial charge is 0.162 e. The van der Waals surface area contributed by atoms with Crippen molar-refractivity contribution in [1.82, 2.24) is 0 Å². The van der Waals surface area contributed by atoms with E-state index >= 15 is 0 Å². The van der Waals surface area contributed by atoms with Crippen molar-refractivity contribution in [3.8, 4) is 0 Å². The first-order valence-electron chi connectivity index (χ1n) is 4.46. The van der Waals surface area contributed by atoms with E-state index in [1.54, 1.807) is 6.92 Å². The van der Waals surface area contributed by atoms with Crippen LogP contribution >= 0.6 is 0 Å². The molecule has 0 amide bonds. The lowest BCUT2D eigenvalue weighted by molar-refractivity contribution is 0.497. The van der Waals surface area contributed by atoms with E-state index < -0.39 is 17.7 Å². The Morgan fingerprint density at radius 1 is 1.50 bits per heavy atom. The summed E-state index contributed by atoms with van der Waals surface area (Å²) in [6, 6.07) is 2.15. The van der Waals surface area contributed by atoms with Gasteiger partial charge in [-0.1, -0.05) is 19.1 Å². The molecule has 1 atom stereocenters. The monoisotopic (exact) mass is 197 g/mol. The molecule has 0 spiro atoms. The SMILES string of the molecule is C=C[C@H](N)c1ccc(F)c(F)c1CC. The second-order valence-corrected chi connectivity index (χ2v) is 3.04. The number of hydrogen-bond acceptors (Lipinski definition) is 1. The van der Waals surface area contributed by atoms with E-state index in [1.807, 2.05) is 0 Å². The van der Waals surface area contributed by atoms with Crippen LogP contribution in [0.3, 0.4) is 0 Å². The summed E-state index contributed by atoms with van der Waals surface area (Å²) in [5.74, 6) is -1.64. The molecular weight excluding hydrogens is 184 g/mol. The zero-order valence-corrected chi connectivity index (χ0v) is 8.06. The maximum absolute atomic E-state index is 13.3. The summed E-state index contributed by atoms with van der Waals surface area (Å²) in [7, 11) is 0. The van der Waals surface area contributed by atoms with Gasteiger partial charge in [-0.3, -0.25) is 0 Å². The lowest BCUT2D eigenvalue weighted by Crippen LogP contribution is -2.11. The van der Waals surface area contributed by atoms with Crippen LogP contribution in [0.25, 0.3) is 0 Å². The summed E-state index contributed by atoms with van der Waals surface area (Å²) < 4.78 is 26.2. The molecule has 0 saturated carbocycles. The largest absolute Gasteiger partial charge is 0.321 e. The molecule has 0 unspecified atom stereocenters. The van der Waals surface area contributed by atoms with Gasteiger partial charge in [0.15, 0.2) is 11.6 Å². The van der Waals surface area contributed by atoms with Crippen molar-refractivity contribution in [2.45, 2.75) is 19.4 Å². The highest BCUT2D eigenvalue weighted by atomic mass is 19.2. The molecule has 0 aliphatic carbocycles. The standard InChI is InChI=1S/C11H13F2N/c1-3-7-8(10(14)4-2)5-6-9(12)11(7)13/h4-6,10H,2-3,14H2,1H3/t10-/m0/s1. The van der Waals surface area contributed by atoms with Gasteiger partial charge in [0.05, 0.1) is 0 Å². The van der Waals surface area contributed by atoms with Gasteiger partial charge >= 0.3 is 0 Å². The molecule has 1 aromatic rings. The quantitative estimate of drug-likeness (QED) is 0.741. The van der Waals surface area contributed by atoms with E-state index in [4.69, 9.17) is 5.73 Å². The molecule has 76 valence electrons. The Hall–Kier alpha value is -1.22. The molecule has 3 heteroatoms. The van der Waals surface area contributed by atoms with E-state index in [-0.39, 0.29) is 0 Å². The Balaban J connectivity index is 3.30. The van der Waals surface area contributed by atoms with Gasteiger partial charge in [-0.15, -0.1) is 6.58 Å². The number of hydrogen-bond donors (Lipinski definition) is 1. The summed E-state index contributed by atoms with van der Waals surface area (Å²) in [4.78, 5) is 0. The first-order valence-corrected chi connectivity index (χ1v) is 4.46. The predicted molar refractivity (Wildman–Crippen MR) is 52.9 cm³/mol.